The van der Waals surface area contributed by atoms with Gasteiger partial charge in [-0.3, -0.25) is 9.48 Å². The standard InChI is InChI=1S/C12H15ClN2O/c1-2-15-11(9(13)6-14-15)12(16)10-7-4-3-5-8(7)10/h6-8,10H,2-5H2,1H3. The second kappa shape index (κ2) is 3.59. The van der Waals surface area contributed by atoms with Gasteiger partial charge < -0.3 is 0 Å². The van der Waals surface area contributed by atoms with Gasteiger partial charge in [-0.15, -0.1) is 0 Å². The Balaban J connectivity index is 1.87. The summed E-state index contributed by atoms with van der Waals surface area (Å²) in [7, 11) is 0. The van der Waals surface area contributed by atoms with E-state index in [-0.39, 0.29) is 11.7 Å². The molecule has 2 unspecified atom stereocenters. The van der Waals surface area contributed by atoms with Crippen LogP contribution >= 0.6 is 11.6 Å². The van der Waals surface area contributed by atoms with Crippen molar-refractivity contribution in [2.24, 2.45) is 17.8 Å². The summed E-state index contributed by atoms with van der Waals surface area (Å²) in [4.78, 5) is 12.3. The first-order valence-corrected chi connectivity index (χ1v) is 6.37. The Morgan fingerprint density at radius 1 is 1.56 bits per heavy atom. The molecule has 2 fully saturated rings. The molecule has 0 saturated heterocycles. The minimum atomic E-state index is 0.221. The first-order chi connectivity index (χ1) is 7.74. The maximum absolute atomic E-state index is 12.3. The number of halogens is 1. The molecule has 3 nitrogen and oxygen atoms in total. The first-order valence-electron chi connectivity index (χ1n) is 5.99. The van der Waals surface area contributed by atoms with Gasteiger partial charge in [-0.05, 0) is 31.6 Å². The van der Waals surface area contributed by atoms with Gasteiger partial charge in [0, 0.05) is 12.5 Å². The summed E-state index contributed by atoms with van der Waals surface area (Å²) < 4.78 is 1.72. The van der Waals surface area contributed by atoms with Crippen molar-refractivity contribution < 1.29 is 4.79 Å². The number of aryl methyl sites for hydroxylation is 1. The Bertz CT molecular complexity index is 430. The van der Waals surface area contributed by atoms with Gasteiger partial charge >= 0.3 is 0 Å². The largest absolute Gasteiger partial charge is 0.292 e. The van der Waals surface area contributed by atoms with Gasteiger partial charge in [0.25, 0.3) is 0 Å². The average Bonchev–Trinajstić information content (AvgIpc) is 2.66. The Labute approximate surface area is 99.8 Å². The Morgan fingerprint density at radius 2 is 2.25 bits per heavy atom. The molecule has 16 heavy (non-hydrogen) atoms. The number of aromatic nitrogens is 2. The molecule has 0 bridgehead atoms. The van der Waals surface area contributed by atoms with Gasteiger partial charge in [-0.25, -0.2) is 0 Å². The normalized spacial score (nSPS) is 31.5. The fourth-order valence-corrected chi connectivity index (χ4v) is 3.45. The summed E-state index contributed by atoms with van der Waals surface area (Å²) in [5.41, 5.74) is 0.628. The fourth-order valence-electron chi connectivity index (χ4n) is 3.22. The molecule has 86 valence electrons. The number of fused-ring (bicyclic) bond motifs is 1. The van der Waals surface area contributed by atoms with Crippen LogP contribution in [-0.2, 0) is 6.54 Å². The molecule has 2 aliphatic rings. The third-order valence-electron chi connectivity index (χ3n) is 4.04. The average molecular weight is 239 g/mol. The molecule has 2 atom stereocenters. The highest BCUT2D eigenvalue weighted by molar-refractivity contribution is 6.33. The summed E-state index contributed by atoms with van der Waals surface area (Å²) in [6, 6.07) is 0. The maximum Gasteiger partial charge on any atom is 0.186 e. The van der Waals surface area contributed by atoms with E-state index in [9.17, 15) is 4.79 Å². The van der Waals surface area contributed by atoms with Crippen LogP contribution in [0.1, 0.15) is 36.7 Å². The summed E-state index contributed by atoms with van der Waals surface area (Å²) >= 11 is 6.04. The van der Waals surface area contributed by atoms with E-state index in [1.165, 1.54) is 19.3 Å². The van der Waals surface area contributed by atoms with Crippen LogP contribution < -0.4 is 0 Å². The predicted octanol–water partition coefficient (Wildman–Crippen LogP) is 2.79. The van der Waals surface area contributed by atoms with Crippen LogP contribution in [-0.4, -0.2) is 15.6 Å². The van der Waals surface area contributed by atoms with Crippen molar-refractivity contribution >= 4 is 17.4 Å². The highest BCUT2D eigenvalue weighted by Gasteiger charge is 2.57. The molecular formula is C12H15ClN2O. The van der Waals surface area contributed by atoms with E-state index < -0.39 is 0 Å². The molecule has 0 aliphatic heterocycles. The molecule has 3 rings (SSSR count). The lowest BCUT2D eigenvalue weighted by molar-refractivity contribution is 0.0941. The third kappa shape index (κ3) is 1.34. The molecule has 1 aromatic rings. The molecule has 0 N–H and O–H groups in total. The zero-order chi connectivity index (χ0) is 11.3. The minimum absolute atomic E-state index is 0.221. The van der Waals surface area contributed by atoms with Gasteiger partial charge in [0.1, 0.15) is 5.69 Å². The van der Waals surface area contributed by atoms with Crippen molar-refractivity contribution in [1.82, 2.24) is 9.78 Å². The molecule has 1 heterocycles. The van der Waals surface area contributed by atoms with Crippen molar-refractivity contribution in [1.29, 1.82) is 0 Å². The van der Waals surface area contributed by atoms with Crippen molar-refractivity contribution in [2.45, 2.75) is 32.7 Å². The molecule has 0 amide bonds. The predicted molar refractivity (Wildman–Crippen MR) is 61.6 cm³/mol. The third-order valence-corrected chi connectivity index (χ3v) is 4.31. The second-order valence-corrected chi connectivity index (χ2v) is 5.21. The number of rotatable bonds is 3. The maximum atomic E-state index is 12.3. The Morgan fingerprint density at radius 3 is 2.88 bits per heavy atom. The van der Waals surface area contributed by atoms with Crippen LogP contribution in [0, 0.1) is 17.8 Å². The number of hydrogen-bond donors (Lipinski definition) is 0. The SMILES string of the molecule is CCn1ncc(Cl)c1C(=O)C1C2CCCC21. The minimum Gasteiger partial charge on any atom is -0.292 e. The quantitative estimate of drug-likeness (QED) is 0.759. The zero-order valence-electron chi connectivity index (χ0n) is 9.32. The molecule has 2 saturated carbocycles. The molecule has 2 aliphatic carbocycles. The Hall–Kier alpha value is -0.830. The van der Waals surface area contributed by atoms with E-state index >= 15 is 0 Å². The summed E-state index contributed by atoms with van der Waals surface area (Å²) in [5, 5.41) is 4.63. The van der Waals surface area contributed by atoms with Gasteiger partial charge in [0.2, 0.25) is 0 Å². The van der Waals surface area contributed by atoms with E-state index in [4.69, 9.17) is 11.6 Å². The van der Waals surface area contributed by atoms with Crippen molar-refractivity contribution in [3.8, 4) is 0 Å². The Kier molecular flexibility index (Phi) is 2.32. The highest BCUT2D eigenvalue weighted by atomic mass is 35.5. The number of carbonyl (C=O) groups is 1. The molecule has 0 radical (unpaired) electrons. The summed E-state index contributed by atoms with van der Waals surface area (Å²) in [6.07, 6.45) is 5.31. The van der Waals surface area contributed by atoms with Gasteiger partial charge in [0.05, 0.1) is 11.2 Å². The van der Waals surface area contributed by atoms with Crippen LogP contribution in [0.15, 0.2) is 6.20 Å². The number of carbonyl (C=O) groups excluding carboxylic acids is 1. The first kappa shape index (κ1) is 10.3. The fraction of sp³-hybridized carbons (Fsp3) is 0.667. The van der Waals surface area contributed by atoms with Crippen LogP contribution in [0.25, 0.3) is 0 Å². The smallest absolute Gasteiger partial charge is 0.186 e. The van der Waals surface area contributed by atoms with E-state index in [0.29, 0.717) is 29.1 Å². The van der Waals surface area contributed by atoms with Gasteiger partial charge in [-0.1, -0.05) is 18.0 Å². The van der Waals surface area contributed by atoms with Gasteiger partial charge in [0.15, 0.2) is 5.78 Å². The van der Waals surface area contributed by atoms with E-state index in [0.717, 1.165) is 0 Å². The second-order valence-electron chi connectivity index (χ2n) is 4.81. The number of Topliss-reactive ketones (excluding diaryl/α,β-unsaturated/α-hetero) is 1. The van der Waals surface area contributed by atoms with E-state index in [1.54, 1.807) is 10.9 Å². The monoisotopic (exact) mass is 238 g/mol. The van der Waals surface area contributed by atoms with Crippen LogP contribution in [0.4, 0.5) is 0 Å². The van der Waals surface area contributed by atoms with Crippen LogP contribution in [0.3, 0.4) is 0 Å². The number of hydrogen-bond acceptors (Lipinski definition) is 2. The topological polar surface area (TPSA) is 34.9 Å². The van der Waals surface area contributed by atoms with Crippen molar-refractivity contribution in [3.05, 3.63) is 16.9 Å². The summed E-state index contributed by atoms with van der Waals surface area (Å²) in [6.45, 7) is 2.68. The lowest BCUT2D eigenvalue weighted by atomic mass is 10.1. The molecule has 0 spiro atoms. The highest BCUT2D eigenvalue weighted by Crippen LogP contribution is 2.58. The number of nitrogens with zero attached hydrogens (tertiary/aromatic N) is 2. The molecular weight excluding hydrogens is 224 g/mol. The van der Waals surface area contributed by atoms with Crippen molar-refractivity contribution in [3.63, 3.8) is 0 Å². The number of ketones is 1. The van der Waals surface area contributed by atoms with E-state index in [1.807, 2.05) is 6.92 Å². The lowest BCUT2D eigenvalue weighted by Crippen LogP contribution is -2.13. The summed E-state index contributed by atoms with van der Waals surface area (Å²) in [5.74, 6) is 1.75. The molecule has 0 aromatic carbocycles. The molecule has 4 heteroatoms. The molecule has 1 aromatic heterocycles. The lowest BCUT2D eigenvalue weighted by Gasteiger charge is -2.05. The van der Waals surface area contributed by atoms with Crippen LogP contribution in [0.2, 0.25) is 5.02 Å². The zero-order valence-corrected chi connectivity index (χ0v) is 10.1. The van der Waals surface area contributed by atoms with Crippen LogP contribution in [0.5, 0.6) is 0 Å². The van der Waals surface area contributed by atoms with E-state index in [2.05, 4.69) is 5.10 Å². The van der Waals surface area contributed by atoms with Crippen molar-refractivity contribution in [2.75, 3.05) is 0 Å². The van der Waals surface area contributed by atoms with Gasteiger partial charge in [-0.2, -0.15) is 5.10 Å².